The summed E-state index contributed by atoms with van der Waals surface area (Å²) in [5.74, 6) is 0.150. The summed E-state index contributed by atoms with van der Waals surface area (Å²) in [5.41, 5.74) is 1.56. The van der Waals surface area contributed by atoms with Crippen LogP contribution in [0.3, 0.4) is 0 Å². The van der Waals surface area contributed by atoms with Crippen molar-refractivity contribution in [2.45, 2.75) is 50.1 Å². The lowest BCUT2D eigenvalue weighted by molar-refractivity contribution is -0.137. The molecule has 1 fully saturated rings. The predicted molar refractivity (Wildman–Crippen MR) is 93.1 cm³/mol. The van der Waals surface area contributed by atoms with E-state index >= 15 is 0 Å². The van der Waals surface area contributed by atoms with E-state index in [-0.39, 0.29) is 24.0 Å². The Morgan fingerprint density at radius 2 is 2.12 bits per heavy atom. The second kappa shape index (κ2) is 7.39. The van der Waals surface area contributed by atoms with Gasteiger partial charge in [0.25, 0.3) is 5.91 Å². The summed E-state index contributed by atoms with van der Waals surface area (Å²) in [4.78, 5) is 49.7. The zero-order chi connectivity index (χ0) is 18.0. The molecule has 1 atom stereocenters. The van der Waals surface area contributed by atoms with Gasteiger partial charge in [-0.2, -0.15) is 0 Å². The Bertz CT molecular complexity index is 747. The number of nitrogens with one attached hydrogen (secondary N) is 1. The lowest BCUT2D eigenvalue weighted by Crippen LogP contribution is -2.52. The van der Waals surface area contributed by atoms with Gasteiger partial charge in [-0.15, -0.1) is 11.8 Å². The average molecular weight is 360 g/mol. The molecule has 2 heterocycles. The van der Waals surface area contributed by atoms with Crippen LogP contribution in [0.2, 0.25) is 0 Å². The Balaban J connectivity index is 1.72. The van der Waals surface area contributed by atoms with E-state index in [2.05, 4.69) is 5.32 Å². The van der Waals surface area contributed by atoms with Crippen molar-refractivity contribution in [1.29, 1.82) is 0 Å². The molecule has 0 aromatic heterocycles. The number of hydrogen-bond acceptors (Lipinski definition) is 5. The number of fused-ring (bicyclic) bond motifs is 1. The SMILES string of the molecule is CC(=O)CCCSc1cccc2c1CN(C1CCC(=O)NC1=O)C2=O. The molecule has 0 bridgehead atoms. The molecule has 1 unspecified atom stereocenters. The van der Waals surface area contributed by atoms with E-state index in [4.69, 9.17) is 0 Å². The number of piperidine rings is 1. The molecule has 0 spiro atoms. The number of amides is 3. The minimum atomic E-state index is -0.590. The van der Waals surface area contributed by atoms with Crippen LogP contribution in [0.25, 0.3) is 0 Å². The average Bonchev–Trinajstić information content (AvgIpc) is 2.89. The highest BCUT2D eigenvalue weighted by Crippen LogP contribution is 2.34. The number of thioether (sulfide) groups is 1. The van der Waals surface area contributed by atoms with Crippen molar-refractivity contribution in [3.05, 3.63) is 29.3 Å². The minimum Gasteiger partial charge on any atom is -0.322 e. The van der Waals surface area contributed by atoms with Gasteiger partial charge in [0.2, 0.25) is 11.8 Å². The zero-order valence-corrected chi connectivity index (χ0v) is 14.9. The van der Waals surface area contributed by atoms with Gasteiger partial charge in [-0.3, -0.25) is 19.7 Å². The second-order valence-corrected chi connectivity index (χ2v) is 7.47. The first-order chi connectivity index (χ1) is 12.0. The van der Waals surface area contributed by atoms with Crippen LogP contribution in [0, 0.1) is 0 Å². The van der Waals surface area contributed by atoms with Crippen molar-refractivity contribution in [3.8, 4) is 0 Å². The number of nitrogens with zero attached hydrogens (tertiary/aromatic N) is 1. The second-order valence-electron chi connectivity index (χ2n) is 6.34. The quantitative estimate of drug-likeness (QED) is 0.476. The molecular formula is C18H20N2O4S. The van der Waals surface area contributed by atoms with Gasteiger partial charge in [-0.25, -0.2) is 0 Å². The van der Waals surface area contributed by atoms with Crippen molar-refractivity contribution >= 4 is 35.3 Å². The number of carbonyl (C=O) groups is 4. The molecule has 132 valence electrons. The van der Waals surface area contributed by atoms with Gasteiger partial charge < -0.3 is 9.69 Å². The lowest BCUT2D eigenvalue weighted by atomic mass is 10.0. The fraction of sp³-hybridized carbons (Fsp3) is 0.444. The molecule has 1 N–H and O–H groups in total. The minimum absolute atomic E-state index is 0.157. The van der Waals surface area contributed by atoms with Crippen LogP contribution in [0.5, 0.6) is 0 Å². The number of Topliss-reactive ketones (excluding diaryl/α,β-unsaturated/α-hetero) is 1. The van der Waals surface area contributed by atoms with Crippen LogP contribution >= 0.6 is 11.8 Å². The third-order valence-electron chi connectivity index (χ3n) is 4.47. The Hall–Kier alpha value is -2.15. The van der Waals surface area contributed by atoms with Gasteiger partial charge in [-0.05, 0) is 43.2 Å². The van der Waals surface area contributed by atoms with Gasteiger partial charge in [-0.1, -0.05) is 6.07 Å². The van der Waals surface area contributed by atoms with Gasteiger partial charge in [0.15, 0.2) is 0 Å². The molecule has 0 aliphatic carbocycles. The summed E-state index contributed by atoms with van der Waals surface area (Å²) in [7, 11) is 0. The fourth-order valence-electron chi connectivity index (χ4n) is 3.20. The third-order valence-corrected chi connectivity index (χ3v) is 5.66. The molecule has 3 amide bonds. The molecule has 0 saturated carbocycles. The first-order valence-corrected chi connectivity index (χ1v) is 9.34. The summed E-state index contributed by atoms with van der Waals surface area (Å²) in [6.07, 6.45) is 1.98. The number of hydrogen-bond donors (Lipinski definition) is 1. The Morgan fingerprint density at radius 3 is 2.84 bits per heavy atom. The number of ketones is 1. The third kappa shape index (κ3) is 3.76. The number of carbonyl (C=O) groups excluding carboxylic acids is 4. The molecule has 3 rings (SSSR count). The van der Waals surface area contributed by atoms with Crippen LogP contribution in [0.4, 0.5) is 0 Å². The first-order valence-electron chi connectivity index (χ1n) is 8.36. The van der Waals surface area contributed by atoms with Crippen LogP contribution in [-0.2, 0) is 20.9 Å². The molecule has 1 saturated heterocycles. The highest BCUT2D eigenvalue weighted by Gasteiger charge is 2.39. The highest BCUT2D eigenvalue weighted by atomic mass is 32.2. The molecule has 1 aromatic rings. The molecule has 0 radical (unpaired) electrons. The highest BCUT2D eigenvalue weighted by molar-refractivity contribution is 7.99. The van der Waals surface area contributed by atoms with E-state index in [0.717, 1.165) is 22.6 Å². The molecule has 2 aliphatic rings. The van der Waals surface area contributed by atoms with E-state index in [0.29, 0.717) is 24.9 Å². The van der Waals surface area contributed by atoms with Gasteiger partial charge in [0.1, 0.15) is 11.8 Å². The molecule has 2 aliphatic heterocycles. The van der Waals surface area contributed by atoms with Gasteiger partial charge >= 0.3 is 0 Å². The number of rotatable bonds is 6. The first kappa shape index (κ1) is 17.7. The van der Waals surface area contributed by atoms with Crippen molar-refractivity contribution in [2.24, 2.45) is 0 Å². The predicted octanol–water partition coefficient (Wildman–Crippen LogP) is 1.91. The van der Waals surface area contributed by atoms with Gasteiger partial charge in [0.05, 0.1) is 0 Å². The summed E-state index contributed by atoms with van der Waals surface area (Å²) >= 11 is 1.63. The molecule has 7 heteroatoms. The maximum atomic E-state index is 12.7. The van der Waals surface area contributed by atoms with Crippen molar-refractivity contribution < 1.29 is 19.2 Å². The van der Waals surface area contributed by atoms with E-state index in [1.54, 1.807) is 29.7 Å². The van der Waals surface area contributed by atoms with Crippen molar-refractivity contribution in [3.63, 3.8) is 0 Å². The van der Waals surface area contributed by atoms with Crippen LogP contribution in [0.15, 0.2) is 23.1 Å². The molecule has 6 nitrogen and oxygen atoms in total. The molecular weight excluding hydrogens is 340 g/mol. The number of imide groups is 1. The summed E-state index contributed by atoms with van der Waals surface area (Å²) in [6.45, 7) is 1.97. The maximum Gasteiger partial charge on any atom is 0.255 e. The fourth-order valence-corrected chi connectivity index (χ4v) is 4.23. The molecule has 1 aromatic carbocycles. The summed E-state index contributed by atoms with van der Waals surface area (Å²) in [5, 5.41) is 2.31. The van der Waals surface area contributed by atoms with E-state index in [1.807, 2.05) is 12.1 Å². The largest absolute Gasteiger partial charge is 0.322 e. The monoisotopic (exact) mass is 360 g/mol. The van der Waals surface area contributed by atoms with E-state index in [9.17, 15) is 19.2 Å². The van der Waals surface area contributed by atoms with Crippen molar-refractivity contribution in [1.82, 2.24) is 10.2 Å². The van der Waals surface area contributed by atoms with Crippen molar-refractivity contribution in [2.75, 3.05) is 5.75 Å². The standard InChI is InChI=1S/C18H20N2O4S/c1-11(21)4-3-9-25-15-6-2-5-12-13(15)10-20(18(12)24)14-7-8-16(22)19-17(14)23/h2,5-6,14H,3-4,7-10H2,1H3,(H,19,22,23). The van der Waals surface area contributed by atoms with Gasteiger partial charge in [0, 0.05) is 29.8 Å². The lowest BCUT2D eigenvalue weighted by Gasteiger charge is -2.29. The normalized spacial score (nSPS) is 19.8. The summed E-state index contributed by atoms with van der Waals surface area (Å²) in [6, 6.07) is 5.01. The van der Waals surface area contributed by atoms with Crippen LogP contribution in [-0.4, -0.2) is 40.2 Å². The topological polar surface area (TPSA) is 83.6 Å². The Morgan fingerprint density at radius 1 is 1.32 bits per heavy atom. The maximum absolute atomic E-state index is 12.7. The number of benzene rings is 1. The van der Waals surface area contributed by atoms with Crippen LogP contribution in [0.1, 0.15) is 48.5 Å². The Labute approximate surface area is 150 Å². The van der Waals surface area contributed by atoms with E-state index in [1.165, 1.54) is 0 Å². The zero-order valence-electron chi connectivity index (χ0n) is 14.0. The Kier molecular flexibility index (Phi) is 5.22. The smallest absolute Gasteiger partial charge is 0.255 e. The molecule has 25 heavy (non-hydrogen) atoms. The summed E-state index contributed by atoms with van der Waals surface area (Å²) < 4.78 is 0. The van der Waals surface area contributed by atoms with Crippen LogP contribution < -0.4 is 5.32 Å². The van der Waals surface area contributed by atoms with E-state index < -0.39 is 11.9 Å².